The number of allylic oxidation sites excluding steroid dienone is 1. The molecule has 14 heavy (non-hydrogen) atoms. The SMILES string of the molecule is C=CCC(=O)c1c(F)cc(Br)cc1F. The van der Waals surface area contributed by atoms with Gasteiger partial charge in [0.05, 0.1) is 5.56 Å². The van der Waals surface area contributed by atoms with Crippen LogP contribution in [0.25, 0.3) is 0 Å². The van der Waals surface area contributed by atoms with E-state index in [4.69, 9.17) is 0 Å². The predicted molar refractivity (Wildman–Crippen MR) is 53.2 cm³/mol. The molecule has 0 atom stereocenters. The first kappa shape index (κ1) is 11.0. The van der Waals surface area contributed by atoms with Crippen molar-refractivity contribution in [1.29, 1.82) is 0 Å². The first-order chi connectivity index (χ1) is 6.56. The highest BCUT2D eigenvalue weighted by atomic mass is 79.9. The van der Waals surface area contributed by atoms with E-state index in [1.807, 2.05) is 0 Å². The van der Waals surface area contributed by atoms with Crippen molar-refractivity contribution < 1.29 is 13.6 Å². The third-order valence-electron chi connectivity index (χ3n) is 1.62. The Morgan fingerprint density at radius 2 is 1.93 bits per heavy atom. The van der Waals surface area contributed by atoms with Crippen molar-refractivity contribution in [3.63, 3.8) is 0 Å². The zero-order chi connectivity index (χ0) is 10.7. The van der Waals surface area contributed by atoms with Gasteiger partial charge in [0.25, 0.3) is 0 Å². The average molecular weight is 261 g/mol. The van der Waals surface area contributed by atoms with E-state index in [1.165, 1.54) is 6.08 Å². The molecule has 74 valence electrons. The minimum absolute atomic E-state index is 0.0739. The molecule has 0 saturated carbocycles. The van der Waals surface area contributed by atoms with E-state index in [0.717, 1.165) is 12.1 Å². The van der Waals surface area contributed by atoms with Gasteiger partial charge in [-0.2, -0.15) is 0 Å². The Morgan fingerprint density at radius 3 is 2.36 bits per heavy atom. The Morgan fingerprint density at radius 1 is 1.43 bits per heavy atom. The molecular weight excluding hydrogens is 254 g/mol. The van der Waals surface area contributed by atoms with Gasteiger partial charge in [0.15, 0.2) is 5.78 Å². The molecule has 1 nitrogen and oxygen atoms in total. The summed E-state index contributed by atoms with van der Waals surface area (Å²) in [6, 6.07) is 2.11. The second kappa shape index (κ2) is 4.46. The highest BCUT2D eigenvalue weighted by molar-refractivity contribution is 9.10. The lowest BCUT2D eigenvalue weighted by molar-refractivity contribution is 0.0988. The van der Waals surface area contributed by atoms with Crippen LogP contribution in [0.4, 0.5) is 8.78 Å². The summed E-state index contributed by atoms with van der Waals surface area (Å²) in [7, 11) is 0. The molecule has 0 saturated heterocycles. The molecular formula is C10H7BrF2O. The third kappa shape index (κ3) is 2.26. The molecule has 0 aromatic heterocycles. The van der Waals surface area contributed by atoms with Gasteiger partial charge in [-0.05, 0) is 12.1 Å². The normalized spacial score (nSPS) is 9.93. The number of carbonyl (C=O) groups excluding carboxylic acids is 1. The molecule has 4 heteroatoms. The van der Waals surface area contributed by atoms with Crippen LogP contribution in [0.15, 0.2) is 29.3 Å². The fraction of sp³-hybridized carbons (Fsp3) is 0.100. The van der Waals surface area contributed by atoms with Crippen molar-refractivity contribution in [2.24, 2.45) is 0 Å². The number of hydrogen-bond acceptors (Lipinski definition) is 1. The molecule has 1 aromatic carbocycles. The van der Waals surface area contributed by atoms with E-state index in [-0.39, 0.29) is 10.9 Å². The van der Waals surface area contributed by atoms with Crippen LogP contribution < -0.4 is 0 Å². The zero-order valence-corrected chi connectivity index (χ0v) is 8.77. The Balaban J connectivity index is 3.20. The number of carbonyl (C=O) groups is 1. The minimum atomic E-state index is -0.858. The fourth-order valence-electron chi connectivity index (χ4n) is 1.04. The highest BCUT2D eigenvalue weighted by Gasteiger charge is 2.16. The Bertz CT molecular complexity index is 365. The number of hydrogen-bond donors (Lipinski definition) is 0. The van der Waals surface area contributed by atoms with Crippen LogP contribution in [0.5, 0.6) is 0 Å². The summed E-state index contributed by atoms with van der Waals surface area (Å²) in [5, 5.41) is 0. The van der Waals surface area contributed by atoms with E-state index in [9.17, 15) is 13.6 Å². The van der Waals surface area contributed by atoms with E-state index in [0.29, 0.717) is 0 Å². The van der Waals surface area contributed by atoms with Crippen LogP contribution >= 0.6 is 15.9 Å². The maximum atomic E-state index is 13.2. The van der Waals surface area contributed by atoms with E-state index < -0.39 is 23.0 Å². The summed E-state index contributed by atoms with van der Waals surface area (Å²) in [6.45, 7) is 3.33. The summed E-state index contributed by atoms with van der Waals surface area (Å²) >= 11 is 2.92. The lowest BCUT2D eigenvalue weighted by Crippen LogP contribution is -2.04. The molecule has 0 bridgehead atoms. The van der Waals surface area contributed by atoms with Crippen molar-refractivity contribution in [2.75, 3.05) is 0 Å². The average Bonchev–Trinajstić information content (AvgIpc) is 2.01. The summed E-state index contributed by atoms with van der Waals surface area (Å²) < 4.78 is 26.6. The van der Waals surface area contributed by atoms with Crippen LogP contribution in [-0.2, 0) is 0 Å². The second-order valence-electron chi connectivity index (χ2n) is 2.66. The summed E-state index contributed by atoms with van der Waals surface area (Å²) in [6.07, 6.45) is 1.23. The molecule has 0 fully saturated rings. The van der Waals surface area contributed by atoms with Gasteiger partial charge in [0.1, 0.15) is 11.6 Å². The lowest BCUT2D eigenvalue weighted by Gasteiger charge is -2.02. The fourth-order valence-corrected chi connectivity index (χ4v) is 1.44. The summed E-state index contributed by atoms with van der Waals surface area (Å²) in [4.78, 5) is 11.2. The van der Waals surface area contributed by atoms with Crippen molar-refractivity contribution >= 4 is 21.7 Å². The molecule has 1 aromatic rings. The first-order valence-corrected chi connectivity index (χ1v) is 4.64. The number of halogens is 3. The van der Waals surface area contributed by atoms with Crippen LogP contribution in [0.2, 0.25) is 0 Å². The van der Waals surface area contributed by atoms with E-state index in [2.05, 4.69) is 22.5 Å². The van der Waals surface area contributed by atoms with Gasteiger partial charge < -0.3 is 0 Å². The molecule has 0 aliphatic carbocycles. The maximum Gasteiger partial charge on any atom is 0.172 e. The molecule has 0 radical (unpaired) electrons. The smallest absolute Gasteiger partial charge is 0.172 e. The predicted octanol–water partition coefficient (Wildman–Crippen LogP) is 3.49. The Labute approximate surface area is 88.6 Å². The maximum absolute atomic E-state index is 13.2. The second-order valence-corrected chi connectivity index (χ2v) is 3.58. The topological polar surface area (TPSA) is 17.1 Å². The zero-order valence-electron chi connectivity index (χ0n) is 7.19. The third-order valence-corrected chi connectivity index (χ3v) is 2.07. The molecule has 0 unspecified atom stereocenters. The van der Waals surface area contributed by atoms with Gasteiger partial charge in [-0.3, -0.25) is 4.79 Å². The number of Topliss-reactive ketones (excluding diaryl/α,β-unsaturated/α-hetero) is 1. The number of benzene rings is 1. The van der Waals surface area contributed by atoms with Gasteiger partial charge >= 0.3 is 0 Å². The molecule has 0 amide bonds. The van der Waals surface area contributed by atoms with Crippen molar-refractivity contribution in [3.05, 3.63) is 46.5 Å². The van der Waals surface area contributed by atoms with Gasteiger partial charge in [0, 0.05) is 10.9 Å². The largest absolute Gasteiger partial charge is 0.294 e. The van der Waals surface area contributed by atoms with Crippen LogP contribution in [0, 0.1) is 11.6 Å². The van der Waals surface area contributed by atoms with Gasteiger partial charge in [-0.15, -0.1) is 6.58 Å². The molecule has 0 aliphatic rings. The van der Waals surface area contributed by atoms with Crippen molar-refractivity contribution in [1.82, 2.24) is 0 Å². The van der Waals surface area contributed by atoms with Gasteiger partial charge in [-0.1, -0.05) is 22.0 Å². The summed E-state index contributed by atoms with van der Waals surface area (Å²) in [5.41, 5.74) is -0.506. The van der Waals surface area contributed by atoms with Crippen LogP contribution in [0.1, 0.15) is 16.8 Å². The minimum Gasteiger partial charge on any atom is -0.294 e. The molecule has 0 spiro atoms. The molecule has 0 N–H and O–H groups in total. The Hall–Kier alpha value is -1.03. The van der Waals surface area contributed by atoms with Crippen molar-refractivity contribution in [3.8, 4) is 0 Å². The standard InChI is InChI=1S/C10H7BrF2O/c1-2-3-9(14)10-7(12)4-6(11)5-8(10)13/h2,4-5H,1,3H2. The van der Waals surface area contributed by atoms with E-state index >= 15 is 0 Å². The molecule has 0 heterocycles. The summed E-state index contributed by atoms with van der Waals surface area (Å²) in [5.74, 6) is -2.32. The monoisotopic (exact) mass is 260 g/mol. The Kier molecular flexibility index (Phi) is 3.52. The van der Waals surface area contributed by atoms with Gasteiger partial charge in [-0.25, -0.2) is 8.78 Å². The van der Waals surface area contributed by atoms with E-state index in [1.54, 1.807) is 0 Å². The molecule has 1 rings (SSSR count). The first-order valence-electron chi connectivity index (χ1n) is 3.85. The highest BCUT2D eigenvalue weighted by Crippen LogP contribution is 2.20. The number of ketones is 1. The lowest BCUT2D eigenvalue weighted by atomic mass is 10.1. The quantitative estimate of drug-likeness (QED) is 0.601. The van der Waals surface area contributed by atoms with Gasteiger partial charge in [0.2, 0.25) is 0 Å². The van der Waals surface area contributed by atoms with Crippen molar-refractivity contribution in [2.45, 2.75) is 6.42 Å². The van der Waals surface area contributed by atoms with Crippen LogP contribution in [0.3, 0.4) is 0 Å². The number of rotatable bonds is 3. The molecule has 0 aliphatic heterocycles. The van der Waals surface area contributed by atoms with Crippen LogP contribution in [-0.4, -0.2) is 5.78 Å².